The van der Waals surface area contributed by atoms with Gasteiger partial charge in [-0.2, -0.15) is 5.10 Å². The summed E-state index contributed by atoms with van der Waals surface area (Å²) in [5, 5.41) is 4.42. The van der Waals surface area contributed by atoms with Crippen LogP contribution in [-0.2, 0) is 11.2 Å². The highest BCUT2D eigenvalue weighted by atomic mass is 16.5. The van der Waals surface area contributed by atoms with Crippen LogP contribution in [0.3, 0.4) is 0 Å². The third-order valence-corrected chi connectivity index (χ3v) is 4.40. The summed E-state index contributed by atoms with van der Waals surface area (Å²) in [6, 6.07) is 0. The molecule has 0 aromatic carbocycles. The van der Waals surface area contributed by atoms with Crippen LogP contribution >= 0.6 is 0 Å². The number of hydrogen-bond donors (Lipinski definition) is 1. The largest absolute Gasteiger partial charge is 0.381 e. The van der Waals surface area contributed by atoms with Crippen LogP contribution in [0.15, 0.2) is 0 Å². The molecular formula is C15H25N3O2. The maximum Gasteiger partial charge on any atom is 0.250 e. The molecule has 0 amide bonds. The lowest BCUT2D eigenvalue weighted by atomic mass is 9.87. The molecule has 1 heterocycles. The molecule has 0 radical (unpaired) electrons. The molecule has 112 valence electrons. The zero-order valence-corrected chi connectivity index (χ0v) is 12.7. The monoisotopic (exact) mass is 279 g/mol. The zero-order valence-electron chi connectivity index (χ0n) is 12.7. The van der Waals surface area contributed by atoms with Crippen molar-refractivity contribution in [2.45, 2.75) is 52.1 Å². The number of nitrogens with two attached hydrogens (primary N) is 1. The first-order chi connectivity index (χ1) is 9.58. The molecule has 1 aliphatic rings. The van der Waals surface area contributed by atoms with Crippen molar-refractivity contribution < 1.29 is 9.53 Å². The first-order valence-electron chi connectivity index (χ1n) is 7.40. The summed E-state index contributed by atoms with van der Waals surface area (Å²) in [6.45, 7) is 4.49. The van der Waals surface area contributed by atoms with Crippen LogP contribution in [-0.4, -0.2) is 35.4 Å². The minimum atomic E-state index is 0.0742. The highest BCUT2D eigenvalue weighted by molar-refractivity contribution is 5.81. The molecule has 0 spiro atoms. The van der Waals surface area contributed by atoms with E-state index in [2.05, 4.69) is 5.10 Å². The maximum absolute atomic E-state index is 12.6. The van der Waals surface area contributed by atoms with E-state index in [0.717, 1.165) is 49.1 Å². The predicted molar refractivity (Wildman–Crippen MR) is 77.8 cm³/mol. The molecule has 5 heteroatoms. The van der Waals surface area contributed by atoms with Crippen molar-refractivity contribution in [1.82, 2.24) is 9.78 Å². The van der Waals surface area contributed by atoms with Crippen molar-refractivity contribution in [3.63, 3.8) is 0 Å². The molecule has 0 atom stereocenters. The second-order valence-electron chi connectivity index (χ2n) is 5.65. The minimum absolute atomic E-state index is 0.0742. The van der Waals surface area contributed by atoms with Gasteiger partial charge in [-0.3, -0.25) is 4.79 Å². The Morgan fingerprint density at radius 2 is 2.00 bits per heavy atom. The summed E-state index contributed by atoms with van der Waals surface area (Å²) < 4.78 is 6.95. The fourth-order valence-electron chi connectivity index (χ4n) is 3.11. The van der Waals surface area contributed by atoms with Crippen molar-refractivity contribution in [2.24, 2.45) is 11.7 Å². The van der Waals surface area contributed by atoms with Gasteiger partial charge in [0.05, 0.1) is 11.8 Å². The first kappa shape index (κ1) is 15.2. The van der Waals surface area contributed by atoms with Crippen molar-refractivity contribution >= 4 is 5.91 Å². The SMILES string of the molecule is COC1CCC(C(=O)n2nc(C)c(CCN)c2C)CC1. The van der Waals surface area contributed by atoms with Gasteiger partial charge < -0.3 is 10.5 Å². The number of ether oxygens (including phenoxy) is 1. The van der Waals surface area contributed by atoms with E-state index >= 15 is 0 Å². The van der Waals surface area contributed by atoms with Crippen LogP contribution in [0.2, 0.25) is 0 Å². The second kappa shape index (κ2) is 6.50. The average Bonchev–Trinajstić information content (AvgIpc) is 2.75. The summed E-state index contributed by atoms with van der Waals surface area (Å²) in [5.74, 6) is 0.202. The molecule has 1 aromatic heterocycles. The molecule has 0 unspecified atom stereocenters. The number of aryl methyl sites for hydroxylation is 1. The smallest absolute Gasteiger partial charge is 0.250 e. The molecule has 1 saturated carbocycles. The number of aromatic nitrogens is 2. The van der Waals surface area contributed by atoms with Crippen LogP contribution in [0.25, 0.3) is 0 Å². The molecule has 0 saturated heterocycles. The topological polar surface area (TPSA) is 70.1 Å². The first-order valence-corrected chi connectivity index (χ1v) is 7.40. The number of carbonyl (C=O) groups is 1. The predicted octanol–water partition coefficient (Wildman–Crippen LogP) is 1.85. The number of nitrogens with zero attached hydrogens (tertiary/aromatic N) is 2. The highest BCUT2D eigenvalue weighted by Crippen LogP contribution is 2.28. The lowest BCUT2D eigenvalue weighted by Gasteiger charge is -2.26. The summed E-state index contributed by atoms with van der Waals surface area (Å²) in [4.78, 5) is 12.6. The molecule has 1 fully saturated rings. The highest BCUT2D eigenvalue weighted by Gasteiger charge is 2.29. The Labute approximate surface area is 120 Å². The molecular weight excluding hydrogens is 254 g/mol. The lowest BCUT2D eigenvalue weighted by Crippen LogP contribution is -2.30. The third kappa shape index (κ3) is 2.94. The van der Waals surface area contributed by atoms with E-state index in [1.807, 2.05) is 13.8 Å². The van der Waals surface area contributed by atoms with Crippen LogP contribution < -0.4 is 5.73 Å². The third-order valence-electron chi connectivity index (χ3n) is 4.40. The quantitative estimate of drug-likeness (QED) is 0.913. The number of hydrogen-bond acceptors (Lipinski definition) is 4. The average molecular weight is 279 g/mol. The van der Waals surface area contributed by atoms with E-state index in [9.17, 15) is 4.79 Å². The summed E-state index contributed by atoms with van der Waals surface area (Å²) >= 11 is 0. The van der Waals surface area contributed by atoms with E-state index in [0.29, 0.717) is 12.6 Å². The van der Waals surface area contributed by atoms with Crippen molar-refractivity contribution in [1.29, 1.82) is 0 Å². The van der Waals surface area contributed by atoms with Gasteiger partial charge in [0.2, 0.25) is 5.91 Å². The Hall–Kier alpha value is -1.20. The summed E-state index contributed by atoms with van der Waals surface area (Å²) in [5.41, 5.74) is 8.61. The van der Waals surface area contributed by atoms with E-state index in [1.165, 1.54) is 0 Å². The molecule has 2 rings (SSSR count). The van der Waals surface area contributed by atoms with E-state index < -0.39 is 0 Å². The Bertz CT molecular complexity index is 474. The van der Waals surface area contributed by atoms with Crippen LogP contribution in [0.4, 0.5) is 0 Å². The van der Waals surface area contributed by atoms with Gasteiger partial charge >= 0.3 is 0 Å². The fourth-order valence-corrected chi connectivity index (χ4v) is 3.11. The minimum Gasteiger partial charge on any atom is -0.381 e. The number of methoxy groups -OCH3 is 1. The molecule has 0 bridgehead atoms. The summed E-state index contributed by atoms with van der Waals surface area (Å²) in [7, 11) is 1.74. The van der Waals surface area contributed by atoms with Gasteiger partial charge in [0.15, 0.2) is 0 Å². The Morgan fingerprint density at radius 3 is 2.55 bits per heavy atom. The van der Waals surface area contributed by atoms with Crippen LogP contribution in [0, 0.1) is 19.8 Å². The lowest BCUT2D eigenvalue weighted by molar-refractivity contribution is 0.0473. The van der Waals surface area contributed by atoms with Gasteiger partial charge in [-0.1, -0.05) is 0 Å². The maximum atomic E-state index is 12.6. The van der Waals surface area contributed by atoms with Crippen LogP contribution in [0.5, 0.6) is 0 Å². The van der Waals surface area contributed by atoms with Gasteiger partial charge in [0.1, 0.15) is 0 Å². The molecule has 1 aromatic rings. The van der Waals surface area contributed by atoms with Gasteiger partial charge in [0, 0.05) is 18.7 Å². The van der Waals surface area contributed by atoms with E-state index in [1.54, 1.807) is 11.8 Å². The summed E-state index contributed by atoms with van der Waals surface area (Å²) in [6.07, 6.45) is 4.79. The van der Waals surface area contributed by atoms with Crippen LogP contribution in [0.1, 0.15) is 47.4 Å². The number of rotatable bonds is 4. The van der Waals surface area contributed by atoms with Crippen molar-refractivity contribution in [3.8, 4) is 0 Å². The van der Waals surface area contributed by atoms with Gasteiger partial charge in [0.25, 0.3) is 0 Å². The van der Waals surface area contributed by atoms with Gasteiger partial charge in [-0.25, -0.2) is 4.68 Å². The Balaban J connectivity index is 2.12. The fraction of sp³-hybridized carbons (Fsp3) is 0.733. The standard InChI is InChI=1S/C15H25N3O2/c1-10-14(8-9-16)11(2)18(17-10)15(19)12-4-6-13(20-3)7-5-12/h12-13H,4-9,16H2,1-3H3. The van der Waals surface area contributed by atoms with Gasteiger partial charge in [-0.05, 0) is 58.1 Å². The van der Waals surface area contributed by atoms with Crippen molar-refractivity contribution in [2.75, 3.05) is 13.7 Å². The Kier molecular flexibility index (Phi) is 4.94. The molecule has 0 aliphatic heterocycles. The van der Waals surface area contributed by atoms with E-state index in [4.69, 9.17) is 10.5 Å². The molecule has 1 aliphatic carbocycles. The zero-order chi connectivity index (χ0) is 14.7. The normalized spacial score (nSPS) is 23.0. The Morgan fingerprint density at radius 1 is 1.35 bits per heavy atom. The molecule has 2 N–H and O–H groups in total. The van der Waals surface area contributed by atoms with Crippen molar-refractivity contribution in [3.05, 3.63) is 17.0 Å². The van der Waals surface area contributed by atoms with E-state index in [-0.39, 0.29) is 11.8 Å². The number of carbonyl (C=O) groups excluding carboxylic acids is 1. The molecule has 5 nitrogen and oxygen atoms in total. The molecule has 20 heavy (non-hydrogen) atoms. The van der Waals surface area contributed by atoms with Gasteiger partial charge in [-0.15, -0.1) is 0 Å². The second-order valence-corrected chi connectivity index (χ2v) is 5.65.